The summed E-state index contributed by atoms with van der Waals surface area (Å²) in [6, 6.07) is 6.23. The molecule has 0 aliphatic rings. The highest BCUT2D eigenvalue weighted by molar-refractivity contribution is 5.90. The number of hydrogen-bond donors (Lipinski definition) is 1. The molecule has 2 aromatic rings. The van der Waals surface area contributed by atoms with E-state index in [0.29, 0.717) is 11.3 Å². The van der Waals surface area contributed by atoms with Crippen molar-refractivity contribution in [1.82, 2.24) is 9.13 Å². The Morgan fingerprint density at radius 2 is 1.76 bits per heavy atom. The first-order valence-electron chi connectivity index (χ1n) is 7.73. The highest BCUT2D eigenvalue weighted by atomic mass is 16.5. The molecule has 0 saturated carbocycles. The maximum absolute atomic E-state index is 12.4. The fourth-order valence-electron chi connectivity index (χ4n) is 2.33. The second kappa shape index (κ2) is 7.61. The molecule has 0 amide bonds. The summed E-state index contributed by atoms with van der Waals surface area (Å²) in [6.45, 7) is 3.77. The Labute approximate surface area is 143 Å². The highest BCUT2D eigenvalue weighted by Gasteiger charge is 2.15. The summed E-state index contributed by atoms with van der Waals surface area (Å²) in [4.78, 5) is 40.0. The molecule has 1 N–H and O–H groups in total. The van der Waals surface area contributed by atoms with E-state index in [-0.39, 0.29) is 18.7 Å². The number of benzene rings is 1. The van der Waals surface area contributed by atoms with E-state index in [1.165, 1.54) is 25.5 Å². The average molecular weight is 345 g/mol. The minimum absolute atomic E-state index is 0.0691. The Morgan fingerprint density at radius 3 is 2.28 bits per heavy atom. The molecular weight excluding hydrogens is 326 g/mol. The minimum atomic E-state index is -0.607. The van der Waals surface area contributed by atoms with Crippen molar-refractivity contribution in [3.8, 4) is 5.88 Å². The molecule has 0 atom stereocenters. The average Bonchev–Trinajstić information content (AvgIpc) is 2.62. The van der Waals surface area contributed by atoms with Crippen LogP contribution >= 0.6 is 0 Å². The maximum atomic E-state index is 12.4. The monoisotopic (exact) mass is 345 g/mol. The summed E-state index contributed by atoms with van der Waals surface area (Å²) in [7, 11) is 1.29. The molecule has 0 aliphatic heterocycles. The molecule has 0 radical (unpaired) electrons. The van der Waals surface area contributed by atoms with Gasteiger partial charge >= 0.3 is 11.7 Å². The van der Waals surface area contributed by atoms with Gasteiger partial charge < -0.3 is 9.84 Å². The van der Waals surface area contributed by atoms with Gasteiger partial charge in [-0.3, -0.25) is 18.9 Å². The van der Waals surface area contributed by atoms with E-state index in [4.69, 9.17) is 0 Å². The van der Waals surface area contributed by atoms with Crippen LogP contribution in [0.25, 0.3) is 0 Å². The zero-order valence-corrected chi connectivity index (χ0v) is 14.2. The molecule has 0 aliphatic carbocycles. The van der Waals surface area contributed by atoms with E-state index >= 15 is 0 Å². The van der Waals surface area contributed by atoms with Crippen LogP contribution in [0.4, 0.5) is 5.69 Å². The van der Waals surface area contributed by atoms with E-state index in [1.54, 1.807) is 26.0 Å². The number of aromatic nitrogens is 2. The first kappa shape index (κ1) is 18.2. The van der Waals surface area contributed by atoms with Crippen LogP contribution in [0.15, 0.2) is 38.8 Å². The van der Waals surface area contributed by atoms with Gasteiger partial charge in [0.05, 0.1) is 18.4 Å². The van der Waals surface area contributed by atoms with Gasteiger partial charge in [0.15, 0.2) is 0 Å². The molecule has 0 saturated heterocycles. The first-order valence-corrected chi connectivity index (χ1v) is 7.73. The van der Waals surface area contributed by atoms with Crippen LogP contribution in [-0.4, -0.2) is 33.5 Å². The molecule has 8 heteroatoms. The lowest BCUT2D eigenvalue weighted by molar-refractivity contribution is 0.0601. The minimum Gasteiger partial charge on any atom is -0.494 e. The third kappa shape index (κ3) is 3.52. The molecule has 1 aromatic heterocycles. The van der Waals surface area contributed by atoms with Gasteiger partial charge in [-0.1, -0.05) is 0 Å². The van der Waals surface area contributed by atoms with Crippen LogP contribution in [0.2, 0.25) is 0 Å². The number of carbonyl (C=O) groups is 1. The second-order valence-corrected chi connectivity index (χ2v) is 5.11. The van der Waals surface area contributed by atoms with Crippen molar-refractivity contribution in [2.45, 2.75) is 26.9 Å². The van der Waals surface area contributed by atoms with Crippen molar-refractivity contribution in [1.29, 1.82) is 0 Å². The van der Waals surface area contributed by atoms with E-state index in [0.717, 1.165) is 9.13 Å². The van der Waals surface area contributed by atoms with Gasteiger partial charge in [0.25, 0.3) is 5.56 Å². The molecule has 0 unspecified atom stereocenters. The van der Waals surface area contributed by atoms with Crippen LogP contribution in [0, 0.1) is 0 Å². The van der Waals surface area contributed by atoms with Gasteiger partial charge in [0.2, 0.25) is 5.88 Å². The smallest absolute Gasteiger partial charge is 0.337 e. The standard InChI is InChI=1S/C17H19N3O5/c1-4-19-14(21)13(15(22)20(5-2)17(19)24)10-18-12-8-6-11(7-9-12)16(23)25-3/h6-10,21H,4-5H2,1-3H3. The molecule has 0 spiro atoms. The molecule has 132 valence electrons. The van der Waals surface area contributed by atoms with Crippen molar-refractivity contribution >= 4 is 17.9 Å². The van der Waals surface area contributed by atoms with E-state index < -0.39 is 23.1 Å². The van der Waals surface area contributed by atoms with Crippen LogP contribution in [0.1, 0.15) is 29.8 Å². The molecule has 0 bridgehead atoms. The van der Waals surface area contributed by atoms with E-state index in [9.17, 15) is 19.5 Å². The molecule has 1 heterocycles. The summed E-state index contributed by atoms with van der Waals surface area (Å²) in [5, 5.41) is 10.2. The number of aliphatic imine (C=N–C) groups is 1. The summed E-state index contributed by atoms with van der Waals surface area (Å²) < 4.78 is 6.75. The largest absolute Gasteiger partial charge is 0.494 e. The van der Waals surface area contributed by atoms with Gasteiger partial charge in [0, 0.05) is 19.3 Å². The number of nitrogens with zero attached hydrogens (tertiary/aromatic N) is 3. The van der Waals surface area contributed by atoms with Crippen molar-refractivity contribution in [2.75, 3.05) is 7.11 Å². The number of carbonyl (C=O) groups excluding carboxylic acids is 1. The number of esters is 1. The number of hydrogen-bond acceptors (Lipinski definition) is 6. The highest BCUT2D eigenvalue weighted by Crippen LogP contribution is 2.15. The lowest BCUT2D eigenvalue weighted by Crippen LogP contribution is -2.41. The zero-order chi connectivity index (χ0) is 18.6. The van der Waals surface area contributed by atoms with Gasteiger partial charge in [-0.05, 0) is 38.1 Å². The predicted molar refractivity (Wildman–Crippen MR) is 93.0 cm³/mol. The molecule has 25 heavy (non-hydrogen) atoms. The number of ether oxygens (including phenoxy) is 1. The van der Waals surface area contributed by atoms with Crippen molar-refractivity contribution in [3.05, 3.63) is 56.2 Å². The van der Waals surface area contributed by atoms with Crippen LogP contribution in [0.3, 0.4) is 0 Å². The first-order chi connectivity index (χ1) is 11.9. The predicted octanol–water partition coefficient (Wildman–Crippen LogP) is 1.29. The third-order valence-corrected chi connectivity index (χ3v) is 3.70. The molecule has 0 fully saturated rings. The van der Waals surface area contributed by atoms with Gasteiger partial charge in [0.1, 0.15) is 5.56 Å². The van der Waals surface area contributed by atoms with Gasteiger partial charge in [-0.15, -0.1) is 0 Å². The van der Waals surface area contributed by atoms with E-state index in [2.05, 4.69) is 9.73 Å². The van der Waals surface area contributed by atoms with E-state index in [1.807, 2.05) is 0 Å². The summed E-state index contributed by atoms with van der Waals surface area (Å²) in [6.07, 6.45) is 1.21. The maximum Gasteiger partial charge on any atom is 0.337 e. The summed E-state index contributed by atoms with van der Waals surface area (Å²) >= 11 is 0. The Balaban J connectivity index is 2.46. The lowest BCUT2D eigenvalue weighted by Gasteiger charge is -2.11. The molecular formula is C17H19N3O5. The topological polar surface area (TPSA) is 103 Å². The Kier molecular flexibility index (Phi) is 5.53. The van der Waals surface area contributed by atoms with Crippen LogP contribution in [-0.2, 0) is 17.8 Å². The molecule has 8 nitrogen and oxygen atoms in total. The number of rotatable bonds is 5. The van der Waals surface area contributed by atoms with Gasteiger partial charge in [-0.25, -0.2) is 9.59 Å². The normalized spacial score (nSPS) is 11.0. The summed E-state index contributed by atoms with van der Waals surface area (Å²) in [5.41, 5.74) is -0.391. The fourth-order valence-corrected chi connectivity index (χ4v) is 2.33. The second-order valence-electron chi connectivity index (χ2n) is 5.11. The fraction of sp³-hybridized carbons (Fsp3) is 0.294. The zero-order valence-electron chi connectivity index (χ0n) is 14.2. The summed E-state index contributed by atoms with van der Waals surface area (Å²) in [5.74, 6) is -0.883. The Morgan fingerprint density at radius 1 is 1.16 bits per heavy atom. The quantitative estimate of drug-likeness (QED) is 0.650. The van der Waals surface area contributed by atoms with Gasteiger partial charge in [-0.2, -0.15) is 0 Å². The Hall–Kier alpha value is -3.16. The van der Waals surface area contributed by atoms with Crippen molar-refractivity contribution < 1.29 is 14.6 Å². The van der Waals surface area contributed by atoms with Crippen LogP contribution < -0.4 is 11.2 Å². The molecule has 1 aromatic carbocycles. The number of aromatic hydroxyl groups is 1. The van der Waals surface area contributed by atoms with Crippen molar-refractivity contribution in [3.63, 3.8) is 0 Å². The number of methoxy groups -OCH3 is 1. The third-order valence-electron chi connectivity index (χ3n) is 3.70. The Bertz CT molecular complexity index is 923. The molecule has 2 rings (SSSR count). The SMILES string of the molecule is CCn1c(O)c(C=Nc2ccc(C(=O)OC)cc2)c(=O)n(CC)c1=O. The lowest BCUT2D eigenvalue weighted by atomic mass is 10.2. The van der Waals surface area contributed by atoms with Crippen molar-refractivity contribution in [2.24, 2.45) is 4.99 Å². The van der Waals surface area contributed by atoms with Crippen LogP contribution in [0.5, 0.6) is 5.88 Å².